The van der Waals surface area contributed by atoms with Gasteiger partial charge in [-0.3, -0.25) is 14.2 Å². The number of carbonyl (C=O) groups excluding carboxylic acids is 1. The highest BCUT2D eigenvalue weighted by atomic mass is 35.5. The number of piperazine rings is 1. The number of nitrogens with zero attached hydrogens (tertiary/aromatic N) is 3. The van der Waals surface area contributed by atoms with Crippen LogP contribution in [0.15, 0.2) is 64.3 Å². The fraction of sp³-hybridized carbons (Fsp3) is 0.281. The lowest BCUT2D eigenvalue weighted by Crippen LogP contribution is -2.47. The van der Waals surface area contributed by atoms with Crippen molar-refractivity contribution in [1.82, 2.24) is 19.8 Å². The van der Waals surface area contributed by atoms with Crippen molar-refractivity contribution < 1.29 is 9.53 Å². The first kappa shape index (κ1) is 30.0. The summed E-state index contributed by atoms with van der Waals surface area (Å²) < 4.78 is 7.68. The molecule has 3 heterocycles. The van der Waals surface area contributed by atoms with Crippen molar-refractivity contribution in [3.63, 3.8) is 0 Å². The molecule has 0 aliphatic carbocycles. The van der Waals surface area contributed by atoms with Gasteiger partial charge in [-0.25, -0.2) is 4.98 Å². The predicted octanol–water partition coefficient (Wildman–Crippen LogP) is 7.19. The average molecular weight is 624 g/mol. The Labute approximate surface area is 259 Å². The van der Waals surface area contributed by atoms with Crippen LogP contribution in [0.4, 0.5) is 0 Å². The lowest BCUT2D eigenvalue weighted by atomic mass is 10.0. The first-order valence-electron chi connectivity index (χ1n) is 13.8. The monoisotopic (exact) mass is 622 g/mol. The normalized spacial score (nSPS) is 13.4. The zero-order valence-corrected chi connectivity index (χ0v) is 26.2. The molecule has 2 aromatic heterocycles. The van der Waals surface area contributed by atoms with E-state index in [1.54, 1.807) is 41.0 Å². The van der Waals surface area contributed by atoms with Gasteiger partial charge in [0.05, 0.1) is 34.3 Å². The summed E-state index contributed by atoms with van der Waals surface area (Å²) >= 11 is 13.9. The van der Waals surface area contributed by atoms with Gasteiger partial charge in [0, 0.05) is 47.2 Å². The Morgan fingerprint density at radius 3 is 2.40 bits per heavy atom. The summed E-state index contributed by atoms with van der Waals surface area (Å²) in [6, 6.07) is 14.2. The molecule has 5 rings (SSSR count). The van der Waals surface area contributed by atoms with Gasteiger partial charge in [0.15, 0.2) is 0 Å². The molecule has 0 bridgehead atoms. The van der Waals surface area contributed by atoms with Crippen molar-refractivity contribution in [3.8, 4) is 33.3 Å². The van der Waals surface area contributed by atoms with E-state index < -0.39 is 0 Å². The highest BCUT2D eigenvalue weighted by Gasteiger charge is 2.27. The van der Waals surface area contributed by atoms with Crippen LogP contribution in [-0.4, -0.2) is 52.6 Å². The molecule has 0 atom stereocenters. The standard InChI is InChI=1S/C32H32Cl2N4O3S/c1-19(2)15-27-24(31(39)37-13-11-35-12-14-37)17-25(30-36-26(18-42-30)21-5-7-22(33)8-6-21)32(40)38(27)28-16-23(34)9-10-29(28)41-20(3)4/h5-10,15-18,20,35H,11-14H2,1-4H3. The number of nitrogens with one attached hydrogen (secondary N) is 1. The second-order valence-corrected chi connectivity index (χ2v) is 12.3. The van der Waals surface area contributed by atoms with E-state index in [4.69, 9.17) is 32.9 Å². The Hall–Kier alpha value is -3.43. The Morgan fingerprint density at radius 2 is 1.74 bits per heavy atom. The van der Waals surface area contributed by atoms with Crippen molar-refractivity contribution in [2.24, 2.45) is 0 Å². The van der Waals surface area contributed by atoms with Crippen molar-refractivity contribution in [2.45, 2.75) is 33.8 Å². The van der Waals surface area contributed by atoms with Crippen molar-refractivity contribution in [1.29, 1.82) is 0 Å². The van der Waals surface area contributed by atoms with Crippen LogP contribution in [0.5, 0.6) is 5.75 Å². The molecular formula is C32H32Cl2N4O3S. The smallest absolute Gasteiger partial charge is 0.266 e. The number of thiazole rings is 1. The second kappa shape index (κ2) is 12.8. The second-order valence-electron chi connectivity index (χ2n) is 10.6. The molecule has 0 radical (unpaired) electrons. The van der Waals surface area contributed by atoms with Gasteiger partial charge in [0.2, 0.25) is 0 Å². The van der Waals surface area contributed by atoms with Crippen molar-refractivity contribution in [2.75, 3.05) is 26.2 Å². The molecule has 0 unspecified atom stereocenters. The Kier molecular flexibility index (Phi) is 9.18. The molecule has 1 amide bonds. The number of halogens is 2. The minimum atomic E-state index is -0.327. The third-order valence-corrected chi connectivity index (χ3v) is 8.06. The minimum Gasteiger partial charge on any atom is -0.489 e. The molecule has 2 aromatic carbocycles. The molecule has 218 valence electrons. The maximum absolute atomic E-state index is 14.5. The summed E-state index contributed by atoms with van der Waals surface area (Å²) in [5.41, 5.74) is 3.85. The van der Waals surface area contributed by atoms with E-state index in [2.05, 4.69) is 5.32 Å². The maximum atomic E-state index is 14.5. The molecule has 7 nitrogen and oxygen atoms in total. The number of aromatic nitrogens is 2. The molecular weight excluding hydrogens is 591 g/mol. The van der Waals surface area contributed by atoms with E-state index in [0.717, 1.165) is 11.1 Å². The summed E-state index contributed by atoms with van der Waals surface area (Å²) in [6.07, 6.45) is 1.71. The van der Waals surface area contributed by atoms with Crippen LogP contribution in [0.3, 0.4) is 0 Å². The number of hydrogen-bond acceptors (Lipinski definition) is 6. The number of hydrogen-bond donors (Lipinski definition) is 1. The van der Waals surface area contributed by atoms with Gasteiger partial charge in [-0.05, 0) is 70.2 Å². The van der Waals surface area contributed by atoms with E-state index in [9.17, 15) is 9.59 Å². The predicted molar refractivity (Wildman–Crippen MR) is 172 cm³/mol. The van der Waals surface area contributed by atoms with Crippen LogP contribution < -0.4 is 15.6 Å². The molecule has 1 aliphatic rings. The van der Waals surface area contributed by atoms with Gasteiger partial charge in [-0.15, -0.1) is 11.3 Å². The van der Waals surface area contributed by atoms with E-state index in [0.29, 0.717) is 75.2 Å². The van der Waals surface area contributed by atoms with Gasteiger partial charge in [-0.1, -0.05) is 40.9 Å². The molecule has 0 saturated carbocycles. The van der Waals surface area contributed by atoms with Crippen LogP contribution in [0, 0.1) is 0 Å². The molecule has 1 N–H and O–H groups in total. The van der Waals surface area contributed by atoms with E-state index >= 15 is 0 Å². The number of amides is 1. The van der Waals surface area contributed by atoms with Crippen LogP contribution >= 0.6 is 34.5 Å². The lowest BCUT2D eigenvalue weighted by molar-refractivity contribution is 0.0735. The number of allylic oxidation sites excluding steroid dienone is 1. The minimum absolute atomic E-state index is 0.151. The van der Waals surface area contributed by atoms with Gasteiger partial charge in [0.1, 0.15) is 10.8 Å². The molecule has 1 saturated heterocycles. The van der Waals surface area contributed by atoms with Gasteiger partial charge >= 0.3 is 0 Å². The van der Waals surface area contributed by atoms with E-state index in [1.165, 1.54) is 11.3 Å². The summed E-state index contributed by atoms with van der Waals surface area (Å²) in [4.78, 5) is 35.3. The highest BCUT2D eigenvalue weighted by Crippen LogP contribution is 2.33. The average Bonchev–Trinajstić information content (AvgIpc) is 3.44. The van der Waals surface area contributed by atoms with Crippen LogP contribution in [0.1, 0.15) is 43.7 Å². The zero-order chi connectivity index (χ0) is 30.0. The maximum Gasteiger partial charge on any atom is 0.266 e. The molecule has 10 heteroatoms. The van der Waals surface area contributed by atoms with Crippen molar-refractivity contribution in [3.05, 3.63) is 91.1 Å². The fourth-order valence-electron chi connectivity index (χ4n) is 4.82. The third kappa shape index (κ3) is 6.47. The zero-order valence-electron chi connectivity index (χ0n) is 23.9. The Bertz CT molecular complexity index is 1700. The lowest BCUT2D eigenvalue weighted by Gasteiger charge is -2.29. The molecule has 1 fully saturated rings. The largest absolute Gasteiger partial charge is 0.489 e. The fourth-order valence-corrected chi connectivity index (χ4v) is 5.95. The number of rotatable bonds is 7. The van der Waals surface area contributed by atoms with Crippen molar-refractivity contribution >= 4 is 46.5 Å². The highest BCUT2D eigenvalue weighted by molar-refractivity contribution is 7.13. The molecule has 1 aliphatic heterocycles. The summed E-state index contributed by atoms with van der Waals surface area (Å²) in [7, 11) is 0. The van der Waals surface area contributed by atoms with Gasteiger partial charge in [0.25, 0.3) is 11.5 Å². The quantitative estimate of drug-likeness (QED) is 0.236. The SMILES string of the molecule is CC(C)=Cc1c(C(=O)N2CCNCC2)cc(-c2nc(-c3ccc(Cl)cc3)cs2)c(=O)n1-c1cc(Cl)ccc1OC(C)C. The van der Waals surface area contributed by atoms with Crippen LogP contribution in [-0.2, 0) is 0 Å². The number of benzene rings is 2. The van der Waals surface area contributed by atoms with Gasteiger partial charge in [-0.2, -0.15) is 0 Å². The summed E-state index contributed by atoms with van der Waals surface area (Å²) in [5, 5.41) is 6.77. The van der Waals surface area contributed by atoms with E-state index in [-0.39, 0.29) is 17.6 Å². The topological polar surface area (TPSA) is 76.5 Å². The van der Waals surface area contributed by atoms with Crippen LogP contribution in [0.25, 0.3) is 33.6 Å². The first-order valence-corrected chi connectivity index (χ1v) is 15.4. The number of ether oxygens (including phenoxy) is 1. The number of pyridine rings is 1. The summed E-state index contributed by atoms with van der Waals surface area (Å²) in [6.45, 7) is 10.2. The van der Waals surface area contributed by atoms with Gasteiger partial charge < -0.3 is 15.0 Å². The number of carbonyl (C=O) groups is 1. The Morgan fingerprint density at radius 1 is 1.05 bits per heavy atom. The third-order valence-electron chi connectivity index (χ3n) is 6.70. The molecule has 0 spiro atoms. The first-order chi connectivity index (χ1) is 20.1. The molecule has 4 aromatic rings. The van der Waals surface area contributed by atoms with Crippen LogP contribution in [0.2, 0.25) is 10.0 Å². The Balaban J connectivity index is 1.80. The summed E-state index contributed by atoms with van der Waals surface area (Å²) in [5.74, 6) is 0.334. The van der Waals surface area contributed by atoms with E-state index in [1.807, 2.05) is 56.2 Å². The molecule has 42 heavy (non-hydrogen) atoms.